The number of carbonyl (C=O) groups is 1. The second-order valence-electron chi connectivity index (χ2n) is 6.39. The number of piperidine rings is 1. The molecular formula is C19H22N4O3. The van der Waals surface area contributed by atoms with E-state index in [-0.39, 0.29) is 12.5 Å². The first-order valence-electron chi connectivity index (χ1n) is 9.05. The average Bonchev–Trinajstić information content (AvgIpc) is 2.72. The van der Waals surface area contributed by atoms with Crippen molar-refractivity contribution in [2.75, 3.05) is 31.2 Å². The highest BCUT2D eigenvalue weighted by Crippen LogP contribution is 2.33. The molecule has 0 radical (unpaired) electrons. The van der Waals surface area contributed by atoms with Crippen molar-refractivity contribution in [2.45, 2.75) is 25.8 Å². The van der Waals surface area contributed by atoms with E-state index in [2.05, 4.69) is 20.2 Å². The van der Waals surface area contributed by atoms with Crippen LogP contribution in [-0.2, 0) is 6.54 Å². The van der Waals surface area contributed by atoms with Gasteiger partial charge >= 0.3 is 0 Å². The maximum atomic E-state index is 12.6. The first kappa shape index (κ1) is 16.6. The summed E-state index contributed by atoms with van der Waals surface area (Å²) < 4.78 is 11.1. The number of benzene rings is 1. The van der Waals surface area contributed by atoms with Crippen molar-refractivity contribution in [1.82, 2.24) is 15.3 Å². The molecule has 1 aromatic heterocycles. The van der Waals surface area contributed by atoms with Gasteiger partial charge in [-0.2, -0.15) is 0 Å². The maximum absolute atomic E-state index is 12.6. The van der Waals surface area contributed by atoms with Crippen LogP contribution >= 0.6 is 0 Å². The smallest absolute Gasteiger partial charge is 0.255 e. The number of nitrogens with one attached hydrogen (secondary N) is 1. The van der Waals surface area contributed by atoms with Crippen LogP contribution in [-0.4, -0.2) is 42.2 Å². The molecule has 1 aromatic carbocycles. The molecule has 7 nitrogen and oxygen atoms in total. The summed E-state index contributed by atoms with van der Waals surface area (Å²) in [7, 11) is 0. The first-order valence-corrected chi connectivity index (χ1v) is 9.05. The lowest BCUT2D eigenvalue weighted by Gasteiger charge is -2.27. The molecule has 0 saturated carbocycles. The normalized spacial score (nSPS) is 16.2. The van der Waals surface area contributed by atoms with E-state index in [1.54, 1.807) is 24.4 Å². The molecule has 3 heterocycles. The van der Waals surface area contributed by atoms with Gasteiger partial charge in [-0.15, -0.1) is 0 Å². The Morgan fingerprint density at radius 3 is 2.85 bits per heavy atom. The Kier molecular flexibility index (Phi) is 4.86. The van der Waals surface area contributed by atoms with Crippen molar-refractivity contribution in [2.24, 2.45) is 0 Å². The quantitative estimate of drug-likeness (QED) is 0.907. The van der Waals surface area contributed by atoms with Gasteiger partial charge in [0.15, 0.2) is 11.5 Å². The second kappa shape index (κ2) is 7.59. The first-order chi connectivity index (χ1) is 12.8. The van der Waals surface area contributed by atoms with Crippen LogP contribution in [0.1, 0.15) is 35.4 Å². The van der Waals surface area contributed by atoms with Gasteiger partial charge in [0, 0.05) is 19.3 Å². The van der Waals surface area contributed by atoms with E-state index in [9.17, 15) is 4.79 Å². The van der Waals surface area contributed by atoms with Gasteiger partial charge in [-0.1, -0.05) is 6.07 Å². The van der Waals surface area contributed by atoms with Crippen molar-refractivity contribution >= 4 is 11.7 Å². The number of nitrogens with zero attached hydrogens (tertiary/aromatic N) is 3. The number of ether oxygens (including phenoxy) is 2. The summed E-state index contributed by atoms with van der Waals surface area (Å²) in [5, 5.41) is 2.88. The highest BCUT2D eigenvalue weighted by molar-refractivity contribution is 5.97. The van der Waals surface area contributed by atoms with Crippen molar-refractivity contribution in [3.05, 3.63) is 41.9 Å². The molecule has 26 heavy (non-hydrogen) atoms. The van der Waals surface area contributed by atoms with Crippen molar-refractivity contribution in [1.29, 1.82) is 0 Å². The fraction of sp³-hybridized carbons (Fsp3) is 0.421. The topological polar surface area (TPSA) is 76.6 Å². The number of para-hydroxylation sites is 1. The van der Waals surface area contributed by atoms with Gasteiger partial charge in [0.25, 0.3) is 5.91 Å². The standard InChI is InChI=1S/C19H22N4O3/c24-19(14-5-4-6-15-18(14)26-12-11-25-15)21-13-16-20-8-7-17(22-16)23-9-2-1-3-10-23/h4-8H,1-3,9-13H2,(H,21,24). The zero-order valence-corrected chi connectivity index (χ0v) is 14.6. The Balaban J connectivity index is 1.43. The minimum atomic E-state index is -0.223. The van der Waals surface area contributed by atoms with E-state index in [0.29, 0.717) is 36.1 Å². The lowest BCUT2D eigenvalue weighted by atomic mass is 10.1. The molecule has 136 valence electrons. The number of aromatic nitrogens is 2. The Morgan fingerprint density at radius 2 is 1.96 bits per heavy atom. The van der Waals surface area contributed by atoms with Crippen LogP contribution in [0, 0.1) is 0 Å². The molecule has 2 aliphatic heterocycles. The summed E-state index contributed by atoms with van der Waals surface area (Å²) in [5.74, 6) is 2.41. The molecule has 0 spiro atoms. The van der Waals surface area contributed by atoms with E-state index >= 15 is 0 Å². The minimum absolute atomic E-state index is 0.223. The fourth-order valence-corrected chi connectivity index (χ4v) is 3.28. The van der Waals surface area contributed by atoms with E-state index in [1.165, 1.54) is 19.3 Å². The number of hydrogen-bond acceptors (Lipinski definition) is 6. The van der Waals surface area contributed by atoms with Crippen LogP contribution < -0.4 is 19.7 Å². The monoisotopic (exact) mass is 354 g/mol. The van der Waals surface area contributed by atoms with Crippen molar-refractivity contribution < 1.29 is 14.3 Å². The van der Waals surface area contributed by atoms with E-state index in [4.69, 9.17) is 9.47 Å². The molecule has 1 amide bonds. The van der Waals surface area contributed by atoms with Crippen LogP contribution in [0.3, 0.4) is 0 Å². The van der Waals surface area contributed by atoms with Gasteiger partial charge in [-0.3, -0.25) is 4.79 Å². The summed E-state index contributed by atoms with van der Waals surface area (Å²) in [4.78, 5) is 23.7. The minimum Gasteiger partial charge on any atom is -0.486 e. The molecule has 0 aliphatic carbocycles. The zero-order chi connectivity index (χ0) is 17.8. The largest absolute Gasteiger partial charge is 0.486 e. The van der Waals surface area contributed by atoms with Crippen LogP contribution in [0.4, 0.5) is 5.82 Å². The number of fused-ring (bicyclic) bond motifs is 1. The summed E-state index contributed by atoms with van der Waals surface area (Å²) in [6.45, 7) is 3.26. The van der Waals surface area contributed by atoms with Crippen molar-refractivity contribution in [3.8, 4) is 11.5 Å². The molecule has 0 bridgehead atoms. The summed E-state index contributed by atoms with van der Waals surface area (Å²) in [6, 6.07) is 7.25. The number of anilines is 1. The molecule has 1 fully saturated rings. The maximum Gasteiger partial charge on any atom is 0.255 e. The van der Waals surface area contributed by atoms with Crippen LogP contribution in [0.25, 0.3) is 0 Å². The Labute approximate surface area is 152 Å². The van der Waals surface area contributed by atoms with E-state index in [0.717, 1.165) is 18.9 Å². The fourth-order valence-electron chi connectivity index (χ4n) is 3.28. The van der Waals surface area contributed by atoms with E-state index < -0.39 is 0 Å². The Bertz CT molecular complexity index is 790. The van der Waals surface area contributed by atoms with Crippen LogP contribution in [0.2, 0.25) is 0 Å². The van der Waals surface area contributed by atoms with Crippen LogP contribution in [0.5, 0.6) is 11.5 Å². The lowest BCUT2D eigenvalue weighted by Crippen LogP contribution is -2.31. The third kappa shape index (κ3) is 3.56. The SMILES string of the molecule is O=C(NCc1nccc(N2CCCCC2)n1)c1cccc2c1OCCO2. The lowest BCUT2D eigenvalue weighted by molar-refractivity contribution is 0.0938. The molecular weight excluding hydrogens is 332 g/mol. The predicted octanol–water partition coefficient (Wildman–Crippen LogP) is 2.17. The molecule has 2 aromatic rings. The van der Waals surface area contributed by atoms with Gasteiger partial charge in [0.2, 0.25) is 0 Å². The molecule has 1 N–H and O–H groups in total. The van der Waals surface area contributed by atoms with Gasteiger partial charge in [0.05, 0.1) is 12.1 Å². The van der Waals surface area contributed by atoms with Crippen LogP contribution in [0.15, 0.2) is 30.5 Å². The molecule has 4 rings (SSSR count). The van der Waals surface area contributed by atoms with Gasteiger partial charge < -0.3 is 19.7 Å². The number of amides is 1. The third-order valence-corrected chi connectivity index (χ3v) is 4.59. The van der Waals surface area contributed by atoms with Crippen molar-refractivity contribution in [3.63, 3.8) is 0 Å². The summed E-state index contributed by atoms with van der Waals surface area (Å²) >= 11 is 0. The number of carbonyl (C=O) groups excluding carboxylic acids is 1. The molecule has 7 heteroatoms. The Morgan fingerprint density at radius 1 is 1.12 bits per heavy atom. The highest BCUT2D eigenvalue weighted by atomic mass is 16.6. The third-order valence-electron chi connectivity index (χ3n) is 4.59. The number of hydrogen-bond donors (Lipinski definition) is 1. The van der Waals surface area contributed by atoms with Gasteiger partial charge in [0.1, 0.15) is 24.9 Å². The highest BCUT2D eigenvalue weighted by Gasteiger charge is 2.20. The summed E-state index contributed by atoms with van der Waals surface area (Å²) in [6.07, 6.45) is 5.41. The number of rotatable bonds is 4. The zero-order valence-electron chi connectivity index (χ0n) is 14.6. The molecule has 0 unspecified atom stereocenters. The molecule has 0 atom stereocenters. The van der Waals surface area contributed by atoms with Gasteiger partial charge in [-0.25, -0.2) is 9.97 Å². The summed E-state index contributed by atoms with van der Waals surface area (Å²) in [5.41, 5.74) is 0.467. The predicted molar refractivity (Wildman–Crippen MR) is 96.7 cm³/mol. The Hall–Kier alpha value is -2.83. The molecule has 1 saturated heterocycles. The average molecular weight is 354 g/mol. The van der Waals surface area contributed by atoms with E-state index in [1.807, 2.05) is 6.07 Å². The van der Waals surface area contributed by atoms with Gasteiger partial charge in [-0.05, 0) is 37.5 Å². The second-order valence-corrected chi connectivity index (χ2v) is 6.39. The molecule has 2 aliphatic rings.